The molecule has 0 atom stereocenters. The highest BCUT2D eigenvalue weighted by atomic mass is 35.5. The Morgan fingerprint density at radius 2 is 2.37 bits per heavy atom. The van der Waals surface area contributed by atoms with E-state index in [1.807, 2.05) is 0 Å². The van der Waals surface area contributed by atoms with Gasteiger partial charge in [-0.25, -0.2) is 9.67 Å². The molecule has 1 heterocycles. The van der Waals surface area contributed by atoms with Gasteiger partial charge >= 0.3 is 0 Å². The molecule has 1 amide bonds. The highest BCUT2D eigenvalue weighted by molar-refractivity contribution is 6.34. The number of amides is 1. The SMILES string of the molecule is N#Cc1ncn(CC(=O)Nc2ccc(N)cc2Cl)n1. The molecule has 1 aromatic carbocycles. The molecular weight excluding hydrogens is 268 g/mol. The number of benzene rings is 1. The summed E-state index contributed by atoms with van der Waals surface area (Å²) in [6.45, 7) is -0.0601. The molecule has 0 aliphatic heterocycles. The molecule has 0 bridgehead atoms. The summed E-state index contributed by atoms with van der Waals surface area (Å²) in [7, 11) is 0. The maximum absolute atomic E-state index is 11.7. The normalized spacial score (nSPS) is 9.89. The van der Waals surface area contributed by atoms with E-state index in [1.165, 1.54) is 11.0 Å². The number of anilines is 2. The van der Waals surface area contributed by atoms with E-state index >= 15 is 0 Å². The Bertz CT molecular complexity index is 659. The first kappa shape index (κ1) is 12.9. The lowest BCUT2D eigenvalue weighted by Crippen LogP contribution is -2.19. The van der Waals surface area contributed by atoms with E-state index in [-0.39, 0.29) is 18.3 Å². The van der Waals surface area contributed by atoms with E-state index in [4.69, 9.17) is 22.6 Å². The lowest BCUT2D eigenvalue weighted by Gasteiger charge is -2.07. The van der Waals surface area contributed by atoms with E-state index in [0.29, 0.717) is 16.4 Å². The molecule has 96 valence electrons. The Kier molecular flexibility index (Phi) is 3.63. The zero-order valence-electron chi connectivity index (χ0n) is 9.67. The van der Waals surface area contributed by atoms with Gasteiger partial charge in [0.25, 0.3) is 5.82 Å². The summed E-state index contributed by atoms with van der Waals surface area (Å²) in [4.78, 5) is 15.4. The van der Waals surface area contributed by atoms with Crippen molar-refractivity contribution in [3.8, 4) is 6.07 Å². The van der Waals surface area contributed by atoms with Crippen molar-refractivity contribution in [2.75, 3.05) is 11.1 Å². The molecule has 1 aromatic heterocycles. The number of carbonyl (C=O) groups excluding carboxylic acids is 1. The molecule has 0 unspecified atom stereocenters. The number of hydrogen-bond acceptors (Lipinski definition) is 5. The second-order valence-corrected chi connectivity index (χ2v) is 4.07. The number of rotatable bonds is 3. The molecule has 0 spiro atoms. The van der Waals surface area contributed by atoms with Gasteiger partial charge in [-0.1, -0.05) is 11.6 Å². The van der Waals surface area contributed by atoms with Crippen LogP contribution >= 0.6 is 11.6 Å². The average Bonchev–Trinajstić information content (AvgIpc) is 2.80. The van der Waals surface area contributed by atoms with Crippen molar-refractivity contribution in [1.82, 2.24) is 14.8 Å². The second kappa shape index (κ2) is 5.37. The highest BCUT2D eigenvalue weighted by Gasteiger charge is 2.08. The van der Waals surface area contributed by atoms with Gasteiger partial charge in [0.2, 0.25) is 5.91 Å². The fourth-order valence-corrected chi connectivity index (χ4v) is 1.63. The van der Waals surface area contributed by atoms with Gasteiger partial charge in [0, 0.05) is 5.69 Å². The van der Waals surface area contributed by atoms with Crippen LogP contribution in [0.3, 0.4) is 0 Å². The Morgan fingerprint density at radius 1 is 1.58 bits per heavy atom. The minimum Gasteiger partial charge on any atom is -0.399 e. The Hall–Kier alpha value is -2.59. The summed E-state index contributed by atoms with van der Waals surface area (Å²) >= 11 is 5.93. The maximum atomic E-state index is 11.7. The van der Waals surface area contributed by atoms with E-state index in [1.54, 1.807) is 24.3 Å². The molecule has 2 aromatic rings. The van der Waals surface area contributed by atoms with Gasteiger partial charge in [-0.2, -0.15) is 5.26 Å². The van der Waals surface area contributed by atoms with Crippen LogP contribution in [-0.2, 0) is 11.3 Å². The zero-order chi connectivity index (χ0) is 13.8. The molecule has 0 saturated carbocycles. The van der Waals surface area contributed by atoms with E-state index in [0.717, 1.165) is 0 Å². The van der Waals surface area contributed by atoms with Gasteiger partial charge in [0.05, 0.1) is 10.7 Å². The quantitative estimate of drug-likeness (QED) is 0.814. The number of nitriles is 1. The van der Waals surface area contributed by atoms with Gasteiger partial charge in [-0.05, 0) is 18.2 Å². The Balaban J connectivity index is 2.03. The number of aromatic nitrogens is 3. The minimum absolute atomic E-state index is 0.0123. The van der Waals surface area contributed by atoms with E-state index in [2.05, 4.69) is 15.4 Å². The van der Waals surface area contributed by atoms with Crippen molar-refractivity contribution < 1.29 is 4.79 Å². The first-order chi connectivity index (χ1) is 9.08. The van der Waals surface area contributed by atoms with Crippen LogP contribution in [0.5, 0.6) is 0 Å². The zero-order valence-corrected chi connectivity index (χ0v) is 10.4. The number of nitrogen functional groups attached to an aromatic ring is 1. The molecule has 0 aliphatic rings. The molecule has 3 N–H and O–H groups in total. The lowest BCUT2D eigenvalue weighted by molar-refractivity contribution is -0.116. The van der Waals surface area contributed by atoms with Crippen LogP contribution in [0.25, 0.3) is 0 Å². The summed E-state index contributed by atoms with van der Waals surface area (Å²) in [6.07, 6.45) is 1.31. The first-order valence-electron chi connectivity index (χ1n) is 5.23. The predicted molar refractivity (Wildman–Crippen MR) is 69.2 cm³/mol. The summed E-state index contributed by atoms with van der Waals surface area (Å²) in [5.41, 5.74) is 6.52. The first-order valence-corrected chi connectivity index (χ1v) is 5.60. The fourth-order valence-electron chi connectivity index (χ4n) is 1.39. The molecule has 0 fully saturated rings. The number of nitrogens with one attached hydrogen (secondary N) is 1. The molecule has 19 heavy (non-hydrogen) atoms. The van der Waals surface area contributed by atoms with Gasteiger partial charge in [0.15, 0.2) is 0 Å². The fraction of sp³-hybridized carbons (Fsp3) is 0.0909. The second-order valence-electron chi connectivity index (χ2n) is 3.67. The molecule has 2 rings (SSSR count). The Morgan fingerprint density at radius 3 is 3.00 bits per heavy atom. The van der Waals surface area contributed by atoms with Crippen molar-refractivity contribution in [2.24, 2.45) is 0 Å². The summed E-state index contributed by atoms with van der Waals surface area (Å²) in [6, 6.07) is 6.56. The van der Waals surface area contributed by atoms with Crippen LogP contribution in [0, 0.1) is 11.3 Å². The van der Waals surface area contributed by atoms with Crippen LogP contribution in [0.2, 0.25) is 5.02 Å². The molecular formula is C11H9ClN6O. The topological polar surface area (TPSA) is 110 Å². The number of carbonyl (C=O) groups is 1. The van der Waals surface area contributed by atoms with E-state index < -0.39 is 0 Å². The van der Waals surface area contributed by atoms with E-state index in [9.17, 15) is 4.79 Å². The molecule has 0 saturated heterocycles. The highest BCUT2D eigenvalue weighted by Crippen LogP contribution is 2.23. The van der Waals surface area contributed by atoms with Gasteiger partial charge < -0.3 is 11.1 Å². The van der Waals surface area contributed by atoms with Crippen molar-refractivity contribution in [2.45, 2.75) is 6.54 Å². The van der Waals surface area contributed by atoms with Crippen molar-refractivity contribution in [3.63, 3.8) is 0 Å². The molecule has 0 aliphatic carbocycles. The number of hydrogen-bond donors (Lipinski definition) is 2. The predicted octanol–water partition coefficient (Wildman–Crippen LogP) is 1.02. The molecule has 0 radical (unpaired) electrons. The number of nitrogens with zero attached hydrogens (tertiary/aromatic N) is 4. The van der Waals surface area contributed by atoms with Gasteiger partial charge in [-0.15, -0.1) is 5.10 Å². The minimum atomic E-state index is -0.332. The third kappa shape index (κ3) is 3.20. The maximum Gasteiger partial charge on any atom is 0.252 e. The lowest BCUT2D eigenvalue weighted by atomic mass is 10.3. The van der Waals surface area contributed by atoms with Crippen molar-refractivity contribution in [1.29, 1.82) is 5.26 Å². The summed E-state index contributed by atoms with van der Waals surface area (Å²) in [5, 5.41) is 15.3. The summed E-state index contributed by atoms with van der Waals surface area (Å²) in [5.74, 6) is -0.320. The molecule has 7 nitrogen and oxygen atoms in total. The van der Waals surface area contributed by atoms with Gasteiger partial charge in [-0.3, -0.25) is 4.79 Å². The van der Waals surface area contributed by atoms with Crippen LogP contribution < -0.4 is 11.1 Å². The van der Waals surface area contributed by atoms with Crippen LogP contribution in [0.15, 0.2) is 24.5 Å². The summed E-state index contributed by atoms with van der Waals surface area (Å²) < 4.78 is 1.26. The van der Waals surface area contributed by atoms with Crippen LogP contribution in [0.1, 0.15) is 5.82 Å². The number of halogens is 1. The number of nitrogens with two attached hydrogens (primary N) is 1. The van der Waals surface area contributed by atoms with Crippen LogP contribution in [-0.4, -0.2) is 20.7 Å². The average molecular weight is 277 g/mol. The monoisotopic (exact) mass is 276 g/mol. The van der Waals surface area contributed by atoms with Crippen molar-refractivity contribution in [3.05, 3.63) is 35.4 Å². The standard InChI is InChI=1S/C11H9ClN6O/c12-8-3-7(14)1-2-9(8)16-11(19)5-18-6-15-10(4-13)17-18/h1-3,6H,5,14H2,(H,16,19). The third-order valence-corrected chi connectivity index (χ3v) is 2.52. The Labute approximate surface area is 113 Å². The van der Waals surface area contributed by atoms with Crippen LogP contribution in [0.4, 0.5) is 11.4 Å². The molecule has 8 heteroatoms. The largest absolute Gasteiger partial charge is 0.399 e. The van der Waals surface area contributed by atoms with Gasteiger partial charge in [0.1, 0.15) is 18.9 Å². The third-order valence-electron chi connectivity index (χ3n) is 2.21. The van der Waals surface area contributed by atoms with Crippen molar-refractivity contribution >= 4 is 28.9 Å². The smallest absolute Gasteiger partial charge is 0.252 e.